The van der Waals surface area contributed by atoms with Crippen LogP contribution in [0.2, 0.25) is 0 Å². The van der Waals surface area contributed by atoms with Gasteiger partial charge in [0.15, 0.2) is 0 Å². The molecule has 154 valence electrons. The maximum atomic E-state index is 9.54. The third-order valence-electron chi connectivity index (χ3n) is 5.44. The molecule has 0 aliphatic carbocycles. The van der Waals surface area contributed by atoms with Gasteiger partial charge in [0.2, 0.25) is 17.5 Å². The Morgan fingerprint density at radius 2 is 1.67 bits per heavy atom. The average Bonchev–Trinajstić information content (AvgIpc) is 3.19. The third-order valence-corrected chi connectivity index (χ3v) is 5.44. The Labute approximate surface area is 177 Å². The summed E-state index contributed by atoms with van der Waals surface area (Å²) in [5.74, 6) is 0.866. The molecule has 30 heavy (non-hydrogen) atoms. The molecule has 2 aromatic carbocycles. The van der Waals surface area contributed by atoms with Gasteiger partial charge in [0.25, 0.3) is 0 Å². The van der Waals surface area contributed by atoms with Gasteiger partial charge in [-0.1, -0.05) is 47.5 Å². The molecule has 0 saturated carbocycles. The predicted molar refractivity (Wildman–Crippen MR) is 116 cm³/mol. The number of aryl methyl sites for hydroxylation is 2. The van der Waals surface area contributed by atoms with E-state index in [1.54, 1.807) is 0 Å². The van der Waals surface area contributed by atoms with Crippen molar-refractivity contribution in [2.24, 2.45) is 0 Å². The summed E-state index contributed by atoms with van der Waals surface area (Å²) in [6, 6.07) is 18.8. The summed E-state index contributed by atoms with van der Waals surface area (Å²) in [5, 5.41) is 12.9. The lowest BCUT2D eigenvalue weighted by Gasteiger charge is -2.35. The number of nitrogens with one attached hydrogen (secondary N) is 1. The van der Waals surface area contributed by atoms with E-state index in [9.17, 15) is 5.26 Å². The monoisotopic (exact) mass is 402 g/mol. The summed E-state index contributed by atoms with van der Waals surface area (Å²) in [6.45, 7) is 7.93. The van der Waals surface area contributed by atoms with Gasteiger partial charge in [-0.2, -0.15) is 10.2 Å². The maximum absolute atomic E-state index is 9.54. The Bertz CT molecular complexity index is 1010. The fourth-order valence-electron chi connectivity index (χ4n) is 3.66. The van der Waals surface area contributed by atoms with Crippen LogP contribution in [0.1, 0.15) is 28.4 Å². The van der Waals surface area contributed by atoms with Crippen molar-refractivity contribution in [1.29, 1.82) is 5.26 Å². The molecule has 1 aromatic heterocycles. The topological polar surface area (TPSA) is 74.3 Å². The van der Waals surface area contributed by atoms with Crippen LogP contribution < -0.4 is 5.32 Å². The first-order chi connectivity index (χ1) is 14.6. The maximum Gasteiger partial charge on any atom is 0.232 e. The molecular weight excluding hydrogens is 376 g/mol. The minimum atomic E-state index is 0.147. The van der Waals surface area contributed by atoms with Crippen molar-refractivity contribution in [2.45, 2.75) is 19.9 Å². The number of hydrogen-bond acceptors (Lipinski definition) is 6. The van der Waals surface area contributed by atoms with E-state index < -0.39 is 0 Å². The summed E-state index contributed by atoms with van der Waals surface area (Å²) in [7, 11) is 0. The van der Waals surface area contributed by atoms with Gasteiger partial charge in [-0.25, -0.2) is 0 Å². The van der Waals surface area contributed by atoms with E-state index in [1.807, 2.05) is 31.2 Å². The molecule has 1 N–H and O–H groups in total. The molecule has 1 fully saturated rings. The first-order valence-corrected chi connectivity index (χ1v) is 10.2. The SMILES string of the molecule is Cc1ccc(-c2nc(C#N)c(NCC(c3ccc(C)cc3)N3CCOCC3)o2)cc1. The van der Waals surface area contributed by atoms with E-state index in [0.717, 1.165) is 37.4 Å². The van der Waals surface area contributed by atoms with E-state index in [0.29, 0.717) is 18.3 Å². The van der Waals surface area contributed by atoms with Gasteiger partial charge < -0.3 is 14.5 Å². The highest BCUT2D eigenvalue weighted by molar-refractivity contribution is 5.59. The molecule has 0 radical (unpaired) electrons. The van der Waals surface area contributed by atoms with Gasteiger partial charge in [0.05, 0.1) is 19.3 Å². The third kappa shape index (κ3) is 4.54. The van der Waals surface area contributed by atoms with Crippen LogP contribution in [-0.2, 0) is 4.74 Å². The van der Waals surface area contributed by atoms with Crippen LogP contribution in [0.4, 0.5) is 5.88 Å². The second-order valence-electron chi connectivity index (χ2n) is 7.63. The average molecular weight is 402 g/mol. The molecule has 2 heterocycles. The predicted octanol–water partition coefficient (Wildman–Crippen LogP) is 4.32. The molecule has 1 saturated heterocycles. The lowest BCUT2D eigenvalue weighted by molar-refractivity contribution is 0.0186. The summed E-state index contributed by atoms with van der Waals surface area (Å²) < 4.78 is 11.5. The van der Waals surface area contributed by atoms with E-state index in [-0.39, 0.29) is 11.7 Å². The highest BCUT2D eigenvalue weighted by atomic mass is 16.5. The number of ether oxygens (including phenoxy) is 1. The lowest BCUT2D eigenvalue weighted by Crippen LogP contribution is -2.41. The second-order valence-corrected chi connectivity index (χ2v) is 7.63. The Kier molecular flexibility index (Phi) is 6.12. The van der Waals surface area contributed by atoms with Gasteiger partial charge in [-0.15, -0.1) is 0 Å². The van der Waals surface area contributed by atoms with Crippen LogP contribution >= 0.6 is 0 Å². The van der Waals surface area contributed by atoms with Crippen molar-refractivity contribution in [3.05, 3.63) is 70.9 Å². The Morgan fingerprint density at radius 3 is 2.30 bits per heavy atom. The zero-order valence-electron chi connectivity index (χ0n) is 17.4. The van der Waals surface area contributed by atoms with Gasteiger partial charge >= 0.3 is 0 Å². The van der Waals surface area contributed by atoms with E-state index in [1.165, 1.54) is 11.1 Å². The molecule has 1 atom stereocenters. The number of hydrogen-bond donors (Lipinski definition) is 1. The van der Waals surface area contributed by atoms with Crippen LogP contribution in [0, 0.1) is 25.2 Å². The summed E-state index contributed by atoms with van der Waals surface area (Å²) in [5.41, 5.74) is 4.75. The highest BCUT2D eigenvalue weighted by Crippen LogP contribution is 2.28. The van der Waals surface area contributed by atoms with Crippen LogP contribution in [-0.4, -0.2) is 42.7 Å². The van der Waals surface area contributed by atoms with Gasteiger partial charge in [0, 0.05) is 25.2 Å². The molecule has 0 spiro atoms. The quantitative estimate of drug-likeness (QED) is 0.662. The zero-order valence-corrected chi connectivity index (χ0v) is 17.4. The van der Waals surface area contributed by atoms with Crippen molar-refractivity contribution < 1.29 is 9.15 Å². The number of nitriles is 1. The second kappa shape index (κ2) is 9.12. The van der Waals surface area contributed by atoms with Gasteiger partial charge in [-0.05, 0) is 31.5 Å². The van der Waals surface area contributed by atoms with Crippen LogP contribution in [0.25, 0.3) is 11.5 Å². The fraction of sp³-hybridized carbons (Fsp3) is 0.333. The normalized spacial score (nSPS) is 15.5. The molecule has 0 bridgehead atoms. The van der Waals surface area contributed by atoms with Crippen molar-refractivity contribution in [1.82, 2.24) is 9.88 Å². The van der Waals surface area contributed by atoms with E-state index in [4.69, 9.17) is 9.15 Å². The van der Waals surface area contributed by atoms with Crippen molar-refractivity contribution in [3.8, 4) is 17.5 Å². The molecule has 1 aliphatic heterocycles. The number of oxazole rings is 1. The first-order valence-electron chi connectivity index (χ1n) is 10.2. The van der Waals surface area contributed by atoms with E-state index >= 15 is 0 Å². The first kappa shape index (κ1) is 20.1. The number of nitrogens with zero attached hydrogens (tertiary/aromatic N) is 3. The number of aromatic nitrogens is 1. The number of benzene rings is 2. The van der Waals surface area contributed by atoms with Crippen LogP contribution in [0.3, 0.4) is 0 Å². The Hall–Kier alpha value is -3.14. The molecule has 6 heteroatoms. The molecule has 0 amide bonds. The fourth-order valence-corrected chi connectivity index (χ4v) is 3.66. The van der Waals surface area contributed by atoms with Crippen molar-refractivity contribution in [2.75, 3.05) is 38.2 Å². The standard InChI is InChI=1S/C24H26N4O2/c1-17-3-7-19(8-4-17)22(28-11-13-29-14-12-28)16-26-24-21(15-25)27-23(30-24)20-9-5-18(2)6-10-20/h3-10,22,26H,11-14,16H2,1-2H3. The number of morpholine rings is 1. The minimum Gasteiger partial charge on any atom is -0.419 e. The summed E-state index contributed by atoms with van der Waals surface area (Å²) in [4.78, 5) is 6.79. The van der Waals surface area contributed by atoms with Crippen LogP contribution in [0.15, 0.2) is 52.9 Å². The molecule has 4 rings (SSSR count). The number of anilines is 1. The molecule has 1 unspecified atom stereocenters. The zero-order chi connectivity index (χ0) is 20.9. The summed E-state index contributed by atoms with van der Waals surface area (Å²) in [6.07, 6.45) is 0. The smallest absolute Gasteiger partial charge is 0.232 e. The largest absolute Gasteiger partial charge is 0.419 e. The summed E-state index contributed by atoms with van der Waals surface area (Å²) >= 11 is 0. The van der Waals surface area contributed by atoms with Gasteiger partial charge in [0.1, 0.15) is 6.07 Å². The molecule has 3 aromatic rings. The Balaban J connectivity index is 1.56. The highest BCUT2D eigenvalue weighted by Gasteiger charge is 2.24. The van der Waals surface area contributed by atoms with Crippen molar-refractivity contribution >= 4 is 5.88 Å². The lowest BCUT2D eigenvalue weighted by atomic mass is 10.0. The van der Waals surface area contributed by atoms with Gasteiger partial charge in [-0.3, -0.25) is 4.90 Å². The molecule has 6 nitrogen and oxygen atoms in total. The molecular formula is C24H26N4O2. The molecule has 1 aliphatic rings. The minimum absolute atomic E-state index is 0.147. The van der Waals surface area contributed by atoms with E-state index in [2.05, 4.69) is 52.5 Å². The number of rotatable bonds is 6. The van der Waals surface area contributed by atoms with Crippen LogP contribution in [0.5, 0.6) is 0 Å². The Morgan fingerprint density at radius 1 is 1.03 bits per heavy atom. The van der Waals surface area contributed by atoms with Crippen molar-refractivity contribution in [3.63, 3.8) is 0 Å².